The molecule has 0 unspecified atom stereocenters. The van der Waals surface area contributed by atoms with E-state index < -0.39 is 0 Å². The van der Waals surface area contributed by atoms with Crippen molar-refractivity contribution in [2.75, 3.05) is 0 Å². The van der Waals surface area contributed by atoms with Crippen LogP contribution in [-0.2, 0) is 0 Å². The van der Waals surface area contributed by atoms with Gasteiger partial charge in [-0.15, -0.1) is 0 Å². The summed E-state index contributed by atoms with van der Waals surface area (Å²) in [5.41, 5.74) is 5.20. The fourth-order valence-corrected chi connectivity index (χ4v) is 3.28. The summed E-state index contributed by atoms with van der Waals surface area (Å²) in [7, 11) is 0. The molecule has 5 nitrogen and oxygen atoms in total. The fourth-order valence-electron chi connectivity index (χ4n) is 3.28. The van der Waals surface area contributed by atoms with Crippen LogP contribution >= 0.6 is 0 Å². The molecule has 0 atom stereocenters. The van der Waals surface area contributed by atoms with Gasteiger partial charge in [0, 0.05) is 35.1 Å². The Hall–Kier alpha value is -3.80. The number of H-pyrrole nitrogens is 1. The van der Waals surface area contributed by atoms with E-state index in [4.69, 9.17) is 0 Å². The van der Waals surface area contributed by atoms with Crippen molar-refractivity contribution < 1.29 is 4.39 Å². The SMILES string of the molecule is Fc1ccc(-c2ncn(-c3cccnc3)c2-c2ccnc3[nH]ccc23)cc1. The average molecular weight is 355 g/mol. The van der Waals surface area contributed by atoms with Gasteiger partial charge in [-0.25, -0.2) is 14.4 Å². The number of nitrogens with one attached hydrogen (secondary N) is 1. The Balaban J connectivity index is 1.82. The highest BCUT2D eigenvalue weighted by molar-refractivity contribution is 5.96. The Morgan fingerprint density at radius 1 is 0.926 bits per heavy atom. The zero-order valence-corrected chi connectivity index (χ0v) is 14.2. The molecule has 0 amide bonds. The van der Waals surface area contributed by atoms with Gasteiger partial charge in [0.2, 0.25) is 0 Å². The molecule has 1 N–H and O–H groups in total. The van der Waals surface area contributed by atoms with Crippen molar-refractivity contribution in [1.29, 1.82) is 0 Å². The van der Waals surface area contributed by atoms with Crippen LogP contribution in [0.25, 0.3) is 39.2 Å². The van der Waals surface area contributed by atoms with Crippen LogP contribution in [-0.4, -0.2) is 24.5 Å². The molecule has 130 valence electrons. The molecule has 0 radical (unpaired) electrons. The maximum absolute atomic E-state index is 13.4. The third-order valence-electron chi connectivity index (χ3n) is 4.52. The molecule has 0 bridgehead atoms. The van der Waals surface area contributed by atoms with Crippen LogP contribution in [0.4, 0.5) is 4.39 Å². The number of benzene rings is 1. The average Bonchev–Trinajstić information content (AvgIpc) is 3.36. The number of imidazole rings is 1. The second-order valence-corrected chi connectivity index (χ2v) is 6.13. The van der Waals surface area contributed by atoms with E-state index >= 15 is 0 Å². The molecule has 6 heteroatoms. The molecule has 0 aliphatic carbocycles. The summed E-state index contributed by atoms with van der Waals surface area (Å²) < 4.78 is 15.4. The largest absolute Gasteiger partial charge is 0.346 e. The fraction of sp³-hybridized carbons (Fsp3) is 0. The highest BCUT2D eigenvalue weighted by Gasteiger charge is 2.19. The highest BCUT2D eigenvalue weighted by atomic mass is 19.1. The molecule has 4 aromatic heterocycles. The Bertz CT molecular complexity index is 1220. The lowest BCUT2D eigenvalue weighted by Gasteiger charge is -2.11. The van der Waals surface area contributed by atoms with Gasteiger partial charge < -0.3 is 4.98 Å². The summed E-state index contributed by atoms with van der Waals surface area (Å²) >= 11 is 0. The van der Waals surface area contributed by atoms with Crippen LogP contribution in [0.15, 0.2) is 79.6 Å². The Labute approximate surface area is 154 Å². The number of nitrogens with zero attached hydrogens (tertiary/aromatic N) is 4. The van der Waals surface area contributed by atoms with Crippen LogP contribution in [0.2, 0.25) is 0 Å². The zero-order chi connectivity index (χ0) is 18.2. The van der Waals surface area contributed by atoms with Crippen molar-refractivity contribution in [3.8, 4) is 28.2 Å². The summed E-state index contributed by atoms with van der Waals surface area (Å²) in [4.78, 5) is 16.4. The summed E-state index contributed by atoms with van der Waals surface area (Å²) in [6.45, 7) is 0. The molecule has 0 saturated heterocycles. The zero-order valence-electron chi connectivity index (χ0n) is 14.2. The topological polar surface area (TPSA) is 59.4 Å². The van der Waals surface area contributed by atoms with Crippen molar-refractivity contribution in [2.24, 2.45) is 0 Å². The first-order valence-corrected chi connectivity index (χ1v) is 8.47. The first-order chi connectivity index (χ1) is 13.3. The standard InChI is InChI=1S/C21H14FN5/c22-15-5-3-14(4-6-15)19-20(17-7-10-24-21-18(17)8-11-25-21)27(13-26-19)16-2-1-9-23-12-16/h1-13H,(H,24,25). The quantitative estimate of drug-likeness (QED) is 0.514. The van der Waals surface area contributed by atoms with Crippen LogP contribution in [0.1, 0.15) is 0 Å². The first-order valence-electron chi connectivity index (χ1n) is 8.47. The van der Waals surface area contributed by atoms with Gasteiger partial charge in [-0.1, -0.05) is 0 Å². The minimum absolute atomic E-state index is 0.274. The smallest absolute Gasteiger partial charge is 0.137 e. The monoisotopic (exact) mass is 355 g/mol. The predicted octanol–water partition coefficient (Wildman–Crippen LogP) is 4.62. The van der Waals surface area contributed by atoms with Crippen molar-refractivity contribution in [2.45, 2.75) is 0 Å². The summed E-state index contributed by atoms with van der Waals surface area (Å²) in [6, 6.07) is 14.2. The van der Waals surface area contributed by atoms with Gasteiger partial charge in [-0.05, 0) is 48.5 Å². The van der Waals surface area contributed by atoms with E-state index in [0.29, 0.717) is 0 Å². The van der Waals surface area contributed by atoms with Crippen LogP contribution in [0.3, 0.4) is 0 Å². The number of rotatable bonds is 3. The first kappa shape index (κ1) is 15.5. The Morgan fingerprint density at radius 2 is 1.81 bits per heavy atom. The van der Waals surface area contributed by atoms with Crippen LogP contribution in [0, 0.1) is 5.82 Å². The molecule has 5 rings (SSSR count). The molecule has 4 heterocycles. The lowest BCUT2D eigenvalue weighted by Crippen LogP contribution is -1.97. The molecular formula is C21H14FN5. The van der Waals surface area contributed by atoms with Crippen LogP contribution < -0.4 is 0 Å². The number of hydrogen-bond donors (Lipinski definition) is 1. The van der Waals surface area contributed by atoms with E-state index in [0.717, 1.165) is 39.2 Å². The third-order valence-corrected chi connectivity index (χ3v) is 4.52. The summed E-state index contributed by atoms with van der Waals surface area (Å²) in [5, 5.41) is 0.992. The van der Waals surface area contributed by atoms with Gasteiger partial charge >= 0.3 is 0 Å². The van der Waals surface area contributed by atoms with Gasteiger partial charge in [0.05, 0.1) is 23.3 Å². The number of aromatic nitrogens is 5. The molecule has 0 aliphatic heterocycles. The normalized spacial score (nSPS) is 11.1. The Morgan fingerprint density at radius 3 is 2.63 bits per heavy atom. The van der Waals surface area contributed by atoms with Crippen molar-refractivity contribution in [1.82, 2.24) is 24.5 Å². The van der Waals surface area contributed by atoms with E-state index in [9.17, 15) is 4.39 Å². The Kier molecular flexibility index (Phi) is 3.53. The number of halogens is 1. The molecule has 1 aromatic carbocycles. The van der Waals surface area contributed by atoms with E-state index in [2.05, 4.69) is 19.9 Å². The van der Waals surface area contributed by atoms with E-state index in [1.54, 1.807) is 37.1 Å². The van der Waals surface area contributed by atoms with Crippen molar-refractivity contribution in [3.05, 3.63) is 85.5 Å². The van der Waals surface area contributed by atoms with Gasteiger partial charge in [-0.3, -0.25) is 9.55 Å². The number of fused-ring (bicyclic) bond motifs is 1. The molecule has 27 heavy (non-hydrogen) atoms. The maximum Gasteiger partial charge on any atom is 0.137 e. The summed E-state index contributed by atoms with van der Waals surface area (Å²) in [5.74, 6) is -0.274. The maximum atomic E-state index is 13.4. The number of aromatic amines is 1. The molecule has 0 saturated carbocycles. The van der Waals surface area contributed by atoms with Crippen molar-refractivity contribution in [3.63, 3.8) is 0 Å². The van der Waals surface area contributed by atoms with E-state index in [1.807, 2.05) is 35.0 Å². The third kappa shape index (κ3) is 2.58. The molecule has 0 fully saturated rings. The molecular weight excluding hydrogens is 341 g/mol. The van der Waals surface area contributed by atoms with Crippen molar-refractivity contribution >= 4 is 11.0 Å². The number of pyridine rings is 2. The lowest BCUT2D eigenvalue weighted by molar-refractivity contribution is 0.628. The number of hydrogen-bond acceptors (Lipinski definition) is 3. The molecule has 0 spiro atoms. The minimum Gasteiger partial charge on any atom is -0.346 e. The van der Waals surface area contributed by atoms with Gasteiger partial charge in [0.25, 0.3) is 0 Å². The van der Waals surface area contributed by atoms with E-state index in [-0.39, 0.29) is 5.82 Å². The minimum atomic E-state index is -0.274. The second-order valence-electron chi connectivity index (χ2n) is 6.13. The van der Waals surface area contributed by atoms with Gasteiger partial charge in [0.1, 0.15) is 17.8 Å². The van der Waals surface area contributed by atoms with Crippen LogP contribution in [0.5, 0.6) is 0 Å². The molecule has 5 aromatic rings. The van der Waals surface area contributed by atoms with Gasteiger partial charge in [-0.2, -0.15) is 0 Å². The van der Waals surface area contributed by atoms with E-state index in [1.165, 1.54) is 12.1 Å². The summed E-state index contributed by atoms with van der Waals surface area (Å²) in [6.07, 6.45) is 8.92. The molecule has 0 aliphatic rings. The van der Waals surface area contributed by atoms with Gasteiger partial charge in [0.15, 0.2) is 0 Å². The predicted molar refractivity (Wildman–Crippen MR) is 102 cm³/mol. The lowest BCUT2D eigenvalue weighted by atomic mass is 10.0. The second kappa shape index (κ2) is 6.17. The highest BCUT2D eigenvalue weighted by Crippen LogP contribution is 2.36.